The number of hydrogen-bond donors (Lipinski definition) is 0. The molecule has 0 unspecified atom stereocenters. The van der Waals surface area contributed by atoms with E-state index in [1.165, 1.54) is 55.6 Å². The Kier molecular flexibility index (Phi) is 10.2. The highest BCUT2D eigenvalue weighted by atomic mass is 79.9. The van der Waals surface area contributed by atoms with Crippen molar-refractivity contribution in [1.82, 2.24) is 0 Å². The lowest BCUT2D eigenvalue weighted by Crippen LogP contribution is -2.02. The molecule has 0 radical (unpaired) electrons. The van der Waals surface area contributed by atoms with Crippen molar-refractivity contribution < 1.29 is 0 Å². The third-order valence-electron chi connectivity index (χ3n) is 10.4. The Balaban J connectivity index is 1.53. The lowest BCUT2D eigenvalue weighted by atomic mass is 9.74. The van der Waals surface area contributed by atoms with E-state index in [4.69, 9.17) is 0 Å². The van der Waals surface area contributed by atoms with Crippen LogP contribution in [0, 0.1) is 0 Å². The molecule has 0 amide bonds. The Morgan fingerprint density at radius 1 is 0.179 bits per heavy atom. The smallest absolute Gasteiger partial charge is 0.0175 e. The van der Waals surface area contributed by atoms with Gasteiger partial charge in [-0.1, -0.05) is 214 Å². The average molecular weight is 845 g/mol. The second kappa shape index (κ2) is 16.0. The van der Waals surface area contributed by atoms with Crippen molar-refractivity contribution in [3.63, 3.8) is 0 Å². The maximum atomic E-state index is 3.76. The molecule has 9 aromatic rings. The Hall–Kier alpha value is -6.06. The van der Waals surface area contributed by atoms with Crippen molar-refractivity contribution in [2.45, 2.75) is 0 Å². The van der Waals surface area contributed by atoms with E-state index in [9.17, 15) is 0 Å². The van der Waals surface area contributed by atoms with Crippen LogP contribution in [-0.2, 0) is 0 Å². The van der Waals surface area contributed by atoms with E-state index in [-0.39, 0.29) is 0 Å². The van der Waals surface area contributed by atoms with Gasteiger partial charge in [0.05, 0.1) is 0 Å². The first-order valence-electron chi connectivity index (χ1n) is 18.8. The summed E-state index contributed by atoms with van der Waals surface area (Å²) in [6, 6.07) is 79.1. The van der Waals surface area contributed by atoms with Crippen molar-refractivity contribution >= 4 is 31.9 Å². The summed E-state index contributed by atoms with van der Waals surface area (Å²) in [5.74, 6) is 0. The SMILES string of the molecule is Brc1ccc(-c2c(-c3ccc(Br)cc3)c(-c3cccc(-c4ccccc4)c3)c(-c3ccccc3)c(-c3ccccc3)c2-c2cccc(-c3ccccc3)c2)cc1. The van der Waals surface area contributed by atoms with E-state index in [0.717, 1.165) is 42.3 Å². The van der Waals surface area contributed by atoms with Gasteiger partial charge in [-0.15, -0.1) is 0 Å². The first-order valence-corrected chi connectivity index (χ1v) is 20.4. The van der Waals surface area contributed by atoms with Crippen LogP contribution in [0.4, 0.5) is 0 Å². The fourth-order valence-electron chi connectivity index (χ4n) is 7.89. The van der Waals surface area contributed by atoms with E-state index < -0.39 is 0 Å². The van der Waals surface area contributed by atoms with E-state index in [1.807, 2.05) is 0 Å². The average Bonchev–Trinajstić information content (AvgIpc) is 3.27. The molecule has 0 saturated carbocycles. The van der Waals surface area contributed by atoms with E-state index in [0.29, 0.717) is 0 Å². The van der Waals surface area contributed by atoms with Crippen LogP contribution in [0.2, 0.25) is 0 Å². The minimum absolute atomic E-state index is 1.04. The lowest BCUT2D eigenvalue weighted by Gasteiger charge is -2.29. The van der Waals surface area contributed by atoms with Crippen molar-refractivity contribution in [1.29, 1.82) is 0 Å². The van der Waals surface area contributed by atoms with Crippen LogP contribution >= 0.6 is 31.9 Å². The fraction of sp³-hybridized carbons (Fsp3) is 0. The van der Waals surface area contributed by atoms with E-state index in [2.05, 4.69) is 250 Å². The molecule has 2 heteroatoms. The standard InChI is InChI=1S/C54H36Br2/c55-47-31-27-41(28-32-47)51-52(42-29-33-48(56)34-30-42)54(46-26-14-24-44(36-46)38-17-7-2-8-18-38)50(40-21-11-4-12-22-40)49(39-19-9-3-10-20-39)53(51)45-25-13-23-43(35-45)37-15-5-1-6-16-37/h1-36H. The number of rotatable bonds is 8. The number of hydrogen-bond acceptors (Lipinski definition) is 0. The Labute approximate surface area is 346 Å². The minimum atomic E-state index is 1.04. The molecule has 0 saturated heterocycles. The molecule has 266 valence electrons. The van der Waals surface area contributed by atoms with Crippen LogP contribution in [0.5, 0.6) is 0 Å². The van der Waals surface area contributed by atoms with Crippen molar-refractivity contribution in [3.05, 3.63) is 227 Å². The monoisotopic (exact) mass is 842 g/mol. The second-order valence-electron chi connectivity index (χ2n) is 13.9. The van der Waals surface area contributed by atoms with Gasteiger partial charge in [0, 0.05) is 8.95 Å². The molecule has 0 aliphatic carbocycles. The quantitative estimate of drug-likeness (QED) is 0.143. The van der Waals surface area contributed by atoms with Gasteiger partial charge in [0.25, 0.3) is 0 Å². The van der Waals surface area contributed by atoms with Gasteiger partial charge in [0.15, 0.2) is 0 Å². The van der Waals surface area contributed by atoms with E-state index >= 15 is 0 Å². The van der Waals surface area contributed by atoms with Crippen molar-refractivity contribution in [2.75, 3.05) is 0 Å². The molecule has 0 heterocycles. The zero-order valence-electron chi connectivity index (χ0n) is 30.5. The van der Waals surface area contributed by atoms with Gasteiger partial charge >= 0.3 is 0 Å². The number of halogens is 2. The number of benzene rings is 9. The highest BCUT2D eigenvalue weighted by Crippen LogP contribution is 2.56. The van der Waals surface area contributed by atoms with Gasteiger partial charge in [-0.2, -0.15) is 0 Å². The summed E-state index contributed by atoms with van der Waals surface area (Å²) in [5.41, 5.74) is 18.8. The predicted molar refractivity (Wildman–Crippen MR) is 245 cm³/mol. The summed E-state index contributed by atoms with van der Waals surface area (Å²) in [7, 11) is 0. The van der Waals surface area contributed by atoms with Gasteiger partial charge in [0.2, 0.25) is 0 Å². The summed E-state index contributed by atoms with van der Waals surface area (Å²) in [6.07, 6.45) is 0. The first kappa shape index (κ1) is 35.6. The lowest BCUT2D eigenvalue weighted by molar-refractivity contribution is 1.50. The van der Waals surface area contributed by atoms with Crippen LogP contribution in [-0.4, -0.2) is 0 Å². The van der Waals surface area contributed by atoms with Crippen LogP contribution in [0.1, 0.15) is 0 Å². The molecule has 0 atom stereocenters. The zero-order valence-corrected chi connectivity index (χ0v) is 33.7. The normalized spacial score (nSPS) is 11.0. The zero-order chi connectivity index (χ0) is 37.8. The summed E-state index contributed by atoms with van der Waals surface area (Å²) in [5, 5.41) is 0. The highest BCUT2D eigenvalue weighted by molar-refractivity contribution is 9.10. The maximum absolute atomic E-state index is 3.76. The van der Waals surface area contributed by atoms with Gasteiger partial charge in [-0.05, 0) is 125 Å². The minimum Gasteiger partial charge on any atom is -0.0622 e. The molecule has 0 N–H and O–H groups in total. The topological polar surface area (TPSA) is 0 Å². The van der Waals surface area contributed by atoms with Gasteiger partial charge < -0.3 is 0 Å². The molecule has 0 bridgehead atoms. The molecule has 0 spiro atoms. The molecule has 0 fully saturated rings. The van der Waals surface area contributed by atoms with Crippen LogP contribution < -0.4 is 0 Å². The molecule has 0 aliphatic heterocycles. The molecular formula is C54H36Br2. The summed E-state index contributed by atoms with van der Waals surface area (Å²) >= 11 is 7.52. The molecule has 0 aromatic heterocycles. The van der Waals surface area contributed by atoms with Crippen LogP contribution in [0.25, 0.3) is 89.0 Å². The Bertz CT molecular complexity index is 2560. The second-order valence-corrected chi connectivity index (χ2v) is 15.7. The summed E-state index contributed by atoms with van der Waals surface area (Å²) in [4.78, 5) is 0. The summed E-state index contributed by atoms with van der Waals surface area (Å²) < 4.78 is 2.08. The van der Waals surface area contributed by atoms with Crippen LogP contribution in [0.3, 0.4) is 0 Å². The molecular weight excluding hydrogens is 808 g/mol. The predicted octanol–water partition coefficient (Wildman–Crippen LogP) is 16.5. The Morgan fingerprint density at radius 2 is 0.411 bits per heavy atom. The van der Waals surface area contributed by atoms with E-state index in [1.54, 1.807) is 0 Å². The van der Waals surface area contributed by atoms with Crippen molar-refractivity contribution in [3.8, 4) is 89.0 Å². The molecule has 9 rings (SSSR count). The molecule has 9 aromatic carbocycles. The molecule has 0 nitrogen and oxygen atoms in total. The first-order chi connectivity index (χ1) is 27.6. The third-order valence-corrected chi connectivity index (χ3v) is 11.5. The van der Waals surface area contributed by atoms with Gasteiger partial charge in [0.1, 0.15) is 0 Å². The fourth-order valence-corrected chi connectivity index (χ4v) is 8.42. The van der Waals surface area contributed by atoms with Crippen molar-refractivity contribution in [2.24, 2.45) is 0 Å². The Morgan fingerprint density at radius 3 is 0.732 bits per heavy atom. The highest BCUT2D eigenvalue weighted by Gasteiger charge is 2.29. The maximum Gasteiger partial charge on any atom is 0.0175 e. The molecule has 0 aliphatic rings. The van der Waals surface area contributed by atoms with Gasteiger partial charge in [-0.25, -0.2) is 0 Å². The van der Waals surface area contributed by atoms with Crippen LogP contribution in [0.15, 0.2) is 227 Å². The third kappa shape index (κ3) is 7.10. The largest absolute Gasteiger partial charge is 0.0622 e. The molecule has 56 heavy (non-hydrogen) atoms. The van der Waals surface area contributed by atoms with Gasteiger partial charge in [-0.3, -0.25) is 0 Å². The summed E-state index contributed by atoms with van der Waals surface area (Å²) in [6.45, 7) is 0.